The molecule has 0 heterocycles. The number of unbranched alkanes of at least 4 members (excludes halogenated alkanes) is 2. The van der Waals surface area contributed by atoms with Gasteiger partial charge in [0.05, 0.1) is 5.92 Å². The summed E-state index contributed by atoms with van der Waals surface area (Å²) in [6.07, 6.45) is 12.0. The van der Waals surface area contributed by atoms with E-state index in [4.69, 9.17) is 9.47 Å². The van der Waals surface area contributed by atoms with E-state index >= 15 is 0 Å². The summed E-state index contributed by atoms with van der Waals surface area (Å²) >= 11 is 0. The molecule has 27 heavy (non-hydrogen) atoms. The largest absolute Gasteiger partial charge is 0.451 e. The molecule has 0 radical (unpaired) electrons. The normalized spacial score (nSPS) is 19.9. The van der Waals surface area contributed by atoms with Crippen molar-refractivity contribution < 1.29 is 28.7 Å². The minimum atomic E-state index is -0.918. The summed E-state index contributed by atoms with van der Waals surface area (Å²) in [5.41, 5.74) is -0.918. The number of rotatable bonds is 9. The van der Waals surface area contributed by atoms with Crippen LogP contribution in [0.1, 0.15) is 96.3 Å². The van der Waals surface area contributed by atoms with Gasteiger partial charge in [-0.25, -0.2) is 0 Å². The van der Waals surface area contributed by atoms with Crippen LogP contribution in [0.3, 0.4) is 0 Å². The van der Waals surface area contributed by atoms with Gasteiger partial charge in [0.25, 0.3) is 0 Å². The Labute approximate surface area is 161 Å². The van der Waals surface area contributed by atoms with Crippen molar-refractivity contribution in [3.05, 3.63) is 0 Å². The number of carbonyl (C=O) groups is 4. The molecule has 0 atom stereocenters. The van der Waals surface area contributed by atoms with Crippen molar-refractivity contribution in [1.82, 2.24) is 0 Å². The first kappa shape index (κ1) is 21.6. The van der Waals surface area contributed by atoms with Crippen molar-refractivity contribution in [1.29, 1.82) is 0 Å². The fourth-order valence-corrected chi connectivity index (χ4v) is 3.97. The predicted octanol–water partition coefficient (Wildman–Crippen LogP) is 4.03. The van der Waals surface area contributed by atoms with Crippen LogP contribution in [-0.4, -0.2) is 29.8 Å². The van der Waals surface area contributed by atoms with Crippen LogP contribution >= 0.6 is 0 Å². The van der Waals surface area contributed by atoms with Gasteiger partial charge in [0.1, 0.15) is 0 Å². The fraction of sp³-hybridized carbons (Fsp3) is 0.810. The Kier molecular flexibility index (Phi) is 8.95. The van der Waals surface area contributed by atoms with E-state index in [1.54, 1.807) is 0 Å². The van der Waals surface area contributed by atoms with Crippen LogP contribution in [0, 0.1) is 5.92 Å². The molecule has 0 aromatic rings. The van der Waals surface area contributed by atoms with Crippen molar-refractivity contribution >= 4 is 24.2 Å². The molecule has 0 aromatic carbocycles. The zero-order valence-corrected chi connectivity index (χ0v) is 16.2. The summed E-state index contributed by atoms with van der Waals surface area (Å²) < 4.78 is 10.4. The lowest BCUT2D eigenvalue weighted by Gasteiger charge is -2.31. The molecule has 2 aliphatic rings. The molecule has 2 rings (SSSR count). The second-order valence-corrected chi connectivity index (χ2v) is 7.91. The van der Waals surface area contributed by atoms with E-state index in [-0.39, 0.29) is 30.7 Å². The van der Waals surface area contributed by atoms with Crippen molar-refractivity contribution in [2.24, 2.45) is 5.92 Å². The highest BCUT2D eigenvalue weighted by Crippen LogP contribution is 2.30. The van der Waals surface area contributed by atoms with Gasteiger partial charge in [-0.2, -0.15) is 0 Å². The number of hydrogen-bond donors (Lipinski definition) is 0. The average molecular weight is 380 g/mol. The molecule has 6 heteroatoms. The van der Waals surface area contributed by atoms with Gasteiger partial charge in [0, 0.05) is 12.8 Å². The lowest BCUT2D eigenvalue weighted by molar-refractivity contribution is -0.166. The van der Waals surface area contributed by atoms with Gasteiger partial charge < -0.3 is 9.47 Å². The molecule has 0 N–H and O–H groups in total. The Balaban J connectivity index is 1.55. The number of hydrogen-bond acceptors (Lipinski definition) is 6. The number of ether oxygens (including phenoxy) is 2. The summed E-state index contributed by atoms with van der Waals surface area (Å²) in [4.78, 5) is 47.0. The maximum absolute atomic E-state index is 12.0. The van der Waals surface area contributed by atoms with Crippen LogP contribution in [0.2, 0.25) is 0 Å². The molecule has 0 unspecified atom stereocenters. The maximum Gasteiger partial charge on any atom is 0.316 e. The SMILES string of the molecule is O=CC1(OC(=O)CCCCCC(=O)OC(=O)C2CCCCC2)CCCCC1. The van der Waals surface area contributed by atoms with Crippen LogP contribution in [0.4, 0.5) is 0 Å². The summed E-state index contributed by atoms with van der Waals surface area (Å²) in [5.74, 6) is -1.33. The maximum atomic E-state index is 12.0. The Morgan fingerprint density at radius 3 is 2.04 bits per heavy atom. The first-order valence-electron chi connectivity index (χ1n) is 10.5. The molecule has 0 spiro atoms. The monoisotopic (exact) mass is 380 g/mol. The van der Waals surface area contributed by atoms with Crippen molar-refractivity contribution in [2.45, 2.75) is 102 Å². The lowest BCUT2D eigenvalue weighted by Crippen LogP contribution is -2.38. The average Bonchev–Trinajstić information content (AvgIpc) is 2.69. The highest BCUT2D eigenvalue weighted by molar-refractivity contribution is 5.86. The Bertz CT molecular complexity index is 515. The molecule has 0 aromatic heterocycles. The molecule has 0 aliphatic heterocycles. The van der Waals surface area contributed by atoms with Crippen LogP contribution in [0.25, 0.3) is 0 Å². The van der Waals surface area contributed by atoms with Gasteiger partial charge in [-0.05, 0) is 51.4 Å². The number of aldehydes is 1. The van der Waals surface area contributed by atoms with Crippen molar-refractivity contribution in [3.63, 3.8) is 0 Å². The summed E-state index contributed by atoms with van der Waals surface area (Å²) in [7, 11) is 0. The van der Waals surface area contributed by atoms with E-state index in [9.17, 15) is 19.2 Å². The van der Waals surface area contributed by atoms with Gasteiger partial charge >= 0.3 is 17.9 Å². The van der Waals surface area contributed by atoms with E-state index < -0.39 is 11.6 Å². The van der Waals surface area contributed by atoms with E-state index in [2.05, 4.69) is 0 Å². The standard InChI is InChI=1S/C21H32O6/c22-16-21(14-8-3-9-15-21)27-19(24)13-7-2-6-12-18(23)26-20(25)17-10-4-1-5-11-17/h16-17H,1-15H2. The number of carbonyl (C=O) groups excluding carboxylic acids is 4. The van der Waals surface area contributed by atoms with Gasteiger partial charge in [0.15, 0.2) is 11.9 Å². The van der Waals surface area contributed by atoms with Crippen LogP contribution in [0.5, 0.6) is 0 Å². The second-order valence-electron chi connectivity index (χ2n) is 7.91. The highest BCUT2D eigenvalue weighted by Gasteiger charge is 2.35. The molecular formula is C21H32O6. The van der Waals surface area contributed by atoms with E-state index in [0.29, 0.717) is 32.1 Å². The van der Waals surface area contributed by atoms with Crippen LogP contribution in [0.15, 0.2) is 0 Å². The van der Waals surface area contributed by atoms with Crippen LogP contribution in [-0.2, 0) is 28.7 Å². The van der Waals surface area contributed by atoms with Gasteiger partial charge in [-0.15, -0.1) is 0 Å². The Hall–Kier alpha value is -1.72. The quantitative estimate of drug-likeness (QED) is 0.260. The number of esters is 3. The Morgan fingerprint density at radius 1 is 0.815 bits per heavy atom. The Morgan fingerprint density at radius 2 is 1.41 bits per heavy atom. The zero-order chi connectivity index (χ0) is 19.5. The van der Waals surface area contributed by atoms with Gasteiger partial charge in [-0.1, -0.05) is 32.1 Å². The van der Waals surface area contributed by atoms with Gasteiger partial charge in [0.2, 0.25) is 0 Å². The van der Waals surface area contributed by atoms with Gasteiger partial charge in [-0.3, -0.25) is 19.2 Å². The van der Waals surface area contributed by atoms with E-state index in [1.807, 2.05) is 0 Å². The highest BCUT2D eigenvalue weighted by atomic mass is 16.6. The summed E-state index contributed by atoms with van der Waals surface area (Å²) in [5, 5.41) is 0. The van der Waals surface area contributed by atoms with E-state index in [1.165, 1.54) is 0 Å². The first-order valence-corrected chi connectivity index (χ1v) is 10.5. The minimum Gasteiger partial charge on any atom is -0.451 e. The molecule has 152 valence electrons. The first-order chi connectivity index (χ1) is 13.0. The smallest absolute Gasteiger partial charge is 0.316 e. The summed E-state index contributed by atoms with van der Waals surface area (Å²) in [6, 6.07) is 0. The second kappa shape index (κ2) is 11.2. The van der Waals surface area contributed by atoms with Crippen molar-refractivity contribution in [3.8, 4) is 0 Å². The molecule has 2 aliphatic carbocycles. The third kappa shape index (κ3) is 7.43. The molecule has 2 saturated carbocycles. The topological polar surface area (TPSA) is 86.7 Å². The van der Waals surface area contributed by atoms with E-state index in [0.717, 1.165) is 57.7 Å². The third-order valence-electron chi connectivity index (χ3n) is 5.65. The lowest BCUT2D eigenvalue weighted by atomic mass is 9.86. The molecule has 0 bridgehead atoms. The predicted molar refractivity (Wildman–Crippen MR) is 98.7 cm³/mol. The molecular weight excluding hydrogens is 348 g/mol. The minimum absolute atomic E-state index is 0.123. The third-order valence-corrected chi connectivity index (χ3v) is 5.65. The van der Waals surface area contributed by atoms with Crippen LogP contribution < -0.4 is 0 Å². The van der Waals surface area contributed by atoms with Crippen molar-refractivity contribution in [2.75, 3.05) is 0 Å². The zero-order valence-electron chi connectivity index (χ0n) is 16.2. The summed E-state index contributed by atoms with van der Waals surface area (Å²) in [6.45, 7) is 0. The fourth-order valence-electron chi connectivity index (χ4n) is 3.97. The molecule has 2 fully saturated rings. The molecule has 0 amide bonds. The molecule has 6 nitrogen and oxygen atoms in total. The molecule has 0 saturated heterocycles.